The van der Waals surface area contributed by atoms with E-state index in [-0.39, 0.29) is 12.7 Å². The first-order valence-corrected chi connectivity index (χ1v) is 8.47. The Hall–Kier alpha value is -2.38. The third-order valence-electron chi connectivity index (χ3n) is 3.66. The molecule has 4 rings (SSSR count). The van der Waals surface area contributed by atoms with Crippen LogP contribution in [0.4, 0.5) is 0 Å². The van der Waals surface area contributed by atoms with E-state index in [1.807, 2.05) is 36.4 Å². The summed E-state index contributed by atoms with van der Waals surface area (Å²) in [5.41, 5.74) is 1.87. The maximum Gasteiger partial charge on any atom is 0.266 e. The standard InChI is InChI=1S/C17H12N2O3S2/c20-16-15(8-11-3-5-18-6-4-11)24-17(23)19(16)9-12-1-2-13-14(7-12)22-10-21-13/h1-8H,9-10H2/b15-8-. The molecule has 0 saturated carbocycles. The highest BCUT2D eigenvalue weighted by atomic mass is 32.2. The van der Waals surface area contributed by atoms with Crippen LogP contribution in [-0.2, 0) is 11.3 Å². The number of carbonyl (C=O) groups is 1. The van der Waals surface area contributed by atoms with Crippen molar-refractivity contribution in [3.63, 3.8) is 0 Å². The number of amides is 1. The number of aromatic nitrogens is 1. The van der Waals surface area contributed by atoms with Crippen molar-refractivity contribution in [1.82, 2.24) is 9.88 Å². The van der Waals surface area contributed by atoms with Gasteiger partial charge < -0.3 is 9.47 Å². The number of carbonyl (C=O) groups excluding carboxylic acids is 1. The third kappa shape index (κ3) is 2.88. The van der Waals surface area contributed by atoms with Gasteiger partial charge in [0, 0.05) is 12.4 Å². The van der Waals surface area contributed by atoms with Crippen LogP contribution in [0.5, 0.6) is 11.5 Å². The van der Waals surface area contributed by atoms with Crippen LogP contribution in [0.3, 0.4) is 0 Å². The molecule has 0 bridgehead atoms. The van der Waals surface area contributed by atoms with Gasteiger partial charge in [0.2, 0.25) is 6.79 Å². The lowest BCUT2D eigenvalue weighted by Crippen LogP contribution is -2.27. The quantitative estimate of drug-likeness (QED) is 0.622. The van der Waals surface area contributed by atoms with Crippen LogP contribution in [0, 0.1) is 0 Å². The molecule has 2 aromatic rings. The summed E-state index contributed by atoms with van der Waals surface area (Å²) in [7, 11) is 0. The second-order valence-corrected chi connectivity index (χ2v) is 6.91. The monoisotopic (exact) mass is 356 g/mol. The van der Waals surface area contributed by atoms with E-state index in [0.29, 0.717) is 21.5 Å². The SMILES string of the molecule is O=C1/C(=C/c2ccncc2)SC(=S)N1Cc1ccc2c(c1)OCO2. The molecule has 2 aliphatic rings. The Morgan fingerprint density at radius 3 is 2.83 bits per heavy atom. The summed E-state index contributed by atoms with van der Waals surface area (Å²) in [6.07, 6.45) is 5.22. The molecule has 3 heterocycles. The number of hydrogen-bond acceptors (Lipinski definition) is 6. The molecule has 1 saturated heterocycles. The highest BCUT2D eigenvalue weighted by Gasteiger charge is 2.32. The van der Waals surface area contributed by atoms with E-state index >= 15 is 0 Å². The number of benzene rings is 1. The Morgan fingerprint density at radius 1 is 1.21 bits per heavy atom. The van der Waals surface area contributed by atoms with Gasteiger partial charge in [0.05, 0.1) is 11.4 Å². The van der Waals surface area contributed by atoms with Crippen LogP contribution in [0.25, 0.3) is 6.08 Å². The minimum Gasteiger partial charge on any atom is -0.454 e. The van der Waals surface area contributed by atoms with Crippen molar-refractivity contribution >= 4 is 40.3 Å². The Labute approximate surface area is 148 Å². The summed E-state index contributed by atoms with van der Waals surface area (Å²) in [5.74, 6) is 1.34. The second kappa shape index (κ2) is 6.26. The molecule has 0 spiro atoms. The van der Waals surface area contributed by atoms with Gasteiger partial charge in [0.15, 0.2) is 11.5 Å². The van der Waals surface area contributed by atoms with Gasteiger partial charge in [-0.05, 0) is 41.5 Å². The average Bonchev–Trinajstić information content (AvgIpc) is 3.16. The molecule has 120 valence electrons. The molecule has 0 atom stereocenters. The maximum atomic E-state index is 12.6. The van der Waals surface area contributed by atoms with Crippen molar-refractivity contribution in [2.75, 3.05) is 6.79 Å². The van der Waals surface area contributed by atoms with Gasteiger partial charge in [-0.3, -0.25) is 14.7 Å². The van der Waals surface area contributed by atoms with Crippen molar-refractivity contribution in [2.24, 2.45) is 0 Å². The van der Waals surface area contributed by atoms with Crippen LogP contribution in [0.2, 0.25) is 0 Å². The summed E-state index contributed by atoms with van der Waals surface area (Å²) in [6.45, 7) is 0.642. The second-order valence-electron chi connectivity index (χ2n) is 5.24. The lowest BCUT2D eigenvalue weighted by Gasteiger charge is -2.14. The van der Waals surface area contributed by atoms with E-state index in [4.69, 9.17) is 21.7 Å². The molecule has 2 aliphatic heterocycles. The topological polar surface area (TPSA) is 51.7 Å². The predicted molar refractivity (Wildman–Crippen MR) is 95.5 cm³/mol. The summed E-state index contributed by atoms with van der Waals surface area (Å²) in [4.78, 5) is 18.8. The predicted octanol–water partition coefficient (Wildman–Crippen LogP) is 3.21. The fraction of sp³-hybridized carbons (Fsp3) is 0.118. The number of fused-ring (bicyclic) bond motifs is 1. The largest absolute Gasteiger partial charge is 0.454 e. The minimum atomic E-state index is -0.0838. The van der Waals surface area contributed by atoms with Crippen LogP contribution in [0.15, 0.2) is 47.6 Å². The molecule has 1 aromatic carbocycles. The van der Waals surface area contributed by atoms with Gasteiger partial charge in [0.25, 0.3) is 5.91 Å². The van der Waals surface area contributed by atoms with Crippen molar-refractivity contribution in [2.45, 2.75) is 6.54 Å². The smallest absolute Gasteiger partial charge is 0.266 e. The summed E-state index contributed by atoms with van der Waals surface area (Å²) < 4.78 is 11.2. The molecule has 1 aromatic heterocycles. The minimum absolute atomic E-state index is 0.0838. The Kier molecular flexibility index (Phi) is 3.95. The Bertz CT molecular complexity index is 852. The number of rotatable bonds is 3. The van der Waals surface area contributed by atoms with Gasteiger partial charge >= 0.3 is 0 Å². The normalized spacial score (nSPS) is 17.8. The van der Waals surface area contributed by atoms with Crippen molar-refractivity contribution in [1.29, 1.82) is 0 Å². The Morgan fingerprint density at radius 2 is 2.00 bits per heavy atom. The third-order valence-corrected chi connectivity index (χ3v) is 5.03. The molecule has 0 N–H and O–H groups in total. The zero-order valence-electron chi connectivity index (χ0n) is 12.5. The van der Waals surface area contributed by atoms with Crippen LogP contribution < -0.4 is 9.47 Å². The number of ether oxygens (including phenoxy) is 2. The fourth-order valence-corrected chi connectivity index (χ4v) is 3.72. The molecule has 5 nitrogen and oxygen atoms in total. The fourth-order valence-electron chi connectivity index (χ4n) is 2.47. The first-order valence-electron chi connectivity index (χ1n) is 7.24. The molecule has 0 radical (unpaired) electrons. The van der Waals surface area contributed by atoms with E-state index in [1.165, 1.54) is 11.8 Å². The van der Waals surface area contributed by atoms with Crippen molar-refractivity contribution in [3.05, 3.63) is 58.8 Å². The zero-order valence-corrected chi connectivity index (χ0v) is 14.1. The number of thioether (sulfide) groups is 1. The lowest BCUT2D eigenvalue weighted by molar-refractivity contribution is -0.122. The maximum absolute atomic E-state index is 12.6. The molecule has 1 amide bonds. The van der Waals surface area contributed by atoms with Gasteiger partial charge in [-0.1, -0.05) is 30.0 Å². The van der Waals surface area contributed by atoms with E-state index in [0.717, 1.165) is 16.9 Å². The molecular formula is C17H12N2O3S2. The average molecular weight is 356 g/mol. The van der Waals surface area contributed by atoms with Crippen LogP contribution in [0.1, 0.15) is 11.1 Å². The zero-order chi connectivity index (χ0) is 16.5. The lowest BCUT2D eigenvalue weighted by atomic mass is 10.2. The van der Waals surface area contributed by atoms with E-state index in [2.05, 4.69) is 4.98 Å². The molecular weight excluding hydrogens is 344 g/mol. The number of nitrogens with zero attached hydrogens (tertiary/aromatic N) is 2. The van der Waals surface area contributed by atoms with E-state index < -0.39 is 0 Å². The summed E-state index contributed by atoms with van der Waals surface area (Å²) in [6, 6.07) is 9.35. The number of hydrogen-bond donors (Lipinski definition) is 0. The van der Waals surface area contributed by atoms with Crippen molar-refractivity contribution in [3.8, 4) is 11.5 Å². The molecule has 0 unspecified atom stereocenters. The Balaban J connectivity index is 1.55. The van der Waals surface area contributed by atoms with E-state index in [9.17, 15) is 4.79 Å². The van der Waals surface area contributed by atoms with Crippen molar-refractivity contribution < 1.29 is 14.3 Å². The molecule has 1 fully saturated rings. The van der Waals surface area contributed by atoms with Gasteiger partial charge in [-0.15, -0.1) is 0 Å². The molecule has 0 aliphatic carbocycles. The van der Waals surface area contributed by atoms with Gasteiger partial charge in [0.1, 0.15) is 4.32 Å². The highest BCUT2D eigenvalue weighted by Crippen LogP contribution is 2.36. The first kappa shape index (κ1) is 15.2. The van der Waals surface area contributed by atoms with Gasteiger partial charge in [-0.2, -0.15) is 0 Å². The number of pyridine rings is 1. The van der Waals surface area contributed by atoms with Gasteiger partial charge in [-0.25, -0.2) is 0 Å². The summed E-state index contributed by atoms with van der Waals surface area (Å²) in [5, 5.41) is 0. The first-order chi connectivity index (χ1) is 11.7. The van der Waals surface area contributed by atoms with E-state index in [1.54, 1.807) is 17.3 Å². The molecule has 7 heteroatoms. The van der Waals surface area contributed by atoms with Crippen LogP contribution >= 0.6 is 24.0 Å². The van der Waals surface area contributed by atoms with Crippen LogP contribution in [-0.4, -0.2) is 26.9 Å². The highest BCUT2D eigenvalue weighted by molar-refractivity contribution is 8.26. The molecule has 24 heavy (non-hydrogen) atoms. The number of thiocarbonyl (C=S) groups is 1. The summed E-state index contributed by atoms with van der Waals surface area (Å²) >= 11 is 6.68.